The molecule has 0 N–H and O–H groups in total. The second-order valence-electron chi connectivity index (χ2n) is 6.16. The van der Waals surface area contributed by atoms with Gasteiger partial charge >= 0.3 is 5.97 Å². The highest BCUT2D eigenvalue weighted by molar-refractivity contribution is 9.11. The van der Waals surface area contributed by atoms with Crippen LogP contribution in [-0.4, -0.2) is 23.4 Å². The summed E-state index contributed by atoms with van der Waals surface area (Å²) >= 11 is 6.97. The van der Waals surface area contributed by atoms with Crippen LogP contribution >= 0.6 is 31.9 Å². The second kappa shape index (κ2) is 9.32. The van der Waals surface area contributed by atoms with Gasteiger partial charge in [-0.15, -0.1) is 0 Å². The fourth-order valence-corrected chi connectivity index (χ4v) is 4.01. The van der Waals surface area contributed by atoms with E-state index in [1.54, 1.807) is 12.1 Å². The maximum Gasteiger partial charge on any atom is 0.363 e. The highest BCUT2D eigenvalue weighted by Crippen LogP contribution is 2.36. The fraction of sp³-hybridized carbons (Fsp3) is 0.200. The summed E-state index contributed by atoms with van der Waals surface area (Å²) in [5, 5.41) is 10.9. The first-order valence-corrected chi connectivity index (χ1v) is 10.4. The van der Waals surface area contributed by atoms with Crippen molar-refractivity contribution in [3.8, 4) is 5.75 Å². The topological polar surface area (TPSA) is 91.0 Å². The van der Waals surface area contributed by atoms with Crippen LogP contribution in [0.2, 0.25) is 0 Å². The van der Waals surface area contributed by atoms with Gasteiger partial charge in [0.25, 0.3) is 5.69 Å². The molecule has 0 fully saturated rings. The molecule has 1 aliphatic heterocycles. The van der Waals surface area contributed by atoms with E-state index in [0.29, 0.717) is 23.5 Å². The molecule has 150 valence electrons. The molecule has 0 saturated carbocycles. The maximum atomic E-state index is 12.2. The molecule has 2 aromatic rings. The minimum atomic E-state index is -0.623. The van der Waals surface area contributed by atoms with Crippen molar-refractivity contribution < 1.29 is 19.2 Å². The van der Waals surface area contributed by atoms with E-state index in [2.05, 4.69) is 43.8 Å². The number of carbonyl (C=O) groups excluding carboxylic acids is 1. The number of non-ortho nitro benzene ring substituents is 1. The average molecular weight is 524 g/mol. The first kappa shape index (κ1) is 21.2. The molecule has 7 nitrogen and oxygen atoms in total. The van der Waals surface area contributed by atoms with Crippen LogP contribution in [-0.2, 0) is 9.53 Å². The van der Waals surface area contributed by atoms with E-state index >= 15 is 0 Å². The normalized spacial score (nSPS) is 14.7. The summed E-state index contributed by atoms with van der Waals surface area (Å²) in [6.07, 6.45) is 3.57. The smallest absolute Gasteiger partial charge is 0.363 e. The van der Waals surface area contributed by atoms with Crippen molar-refractivity contribution in [3.05, 3.63) is 72.3 Å². The van der Waals surface area contributed by atoms with E-state index in [4.69, 9.17) is 9.47 Å². The minimum Gasteiger partial charge on any atom is -0.491 e. The van der Waals surface area contributed by atoms with E-state index in [0.717, 1.165) is 21.8 Å². The van der Waals surface area contributed by atoms with Crippen molar-refractivity contribution in [2.24, 2.45) is 4.99 Å². The molecule has 9 heteroatoms. The average Bonchev–Trinajstić information content (AvgIpc) is 3.04. The lowest BCUT2D eigenvalue weighted by molar-refractivity contribution is -0.384. The third-order valence-corrected chi connectivity index (χ3v) is 5.17. The number of halogens is 2. The van der Waals surface area contributed by atoms with Crippen molar-refractivity contribution in [2.75, 3.05) is 6.61 Å². The molecule has 29 heavy (non-hydrogen) atoms. The summed E-state index contributed by atoms with van der Waals surface area (Å²) in [5.74, 6) is 0.0972. The van der Waals surface area contributed by atoms with Crippen molar-refractivity contribution in [2.45, 2.75) is 19.8 Å². The molecule has 0 aliphatic carbocycles. The van der Waals surface area contributed by atoms with Gasteiger partial charge in [-0.3, -0.25) is 10.1 Å². The maximum absolute atomic E-state index is 12.2. The molecule has 0 saturated heterocycles. The lowest BCUT2D eigenvalue weighted by Gasteiger charge is -2.11. The summed E-state index contributed by atoms with van der Waals surface area (Å²) in [6.45, 7) is 2.70. The number of rotatable bonds is 7. The van der Waals surface area contributed by atoms with Crippen LogP contribution in [0.1, 0.15) is 30.9 Å². The van der Waals surface area contributed by atoms with Crippen LogP contribution in [0.3, 0.4) is 0 Å². The van der Waals surface area contributed by atoms with Crippen LogP contribution in [0.4, 0.5) is 5.69 Å². The summed E-state index contributed by atoms with van der Waals surface area (Å²) in [5.41, 5.74) is 1.07. The van der Waals surface area contributed by atoms with E-state index in [-0.39, 0.29) is 17.3 Å². The Hall–Kier alpha value is -2.52. The molecule has 0 aromatic heterocycles. The lowest BCUT2D eigenvalue weighted by Crippen LogP contribution is -2.05. The number of aliphatic imine (C=N–C) groups is 1. The SMILES string of the molecule is CCCCOc1c(Br)cc(/C=C2\N=C(c3cccc([N+](=O)[O-])c3)OC2=O)cc1Br. The summed E-state index contributed by atoms with van der Waals surface area (Å²) in [7, 11) is 0. The number of cyclic esters (lactones) is 1. The van der Waals surface area contributed by atoms with Crippen LogP contribution in [0, 0.1) is 10.1 Å². The number of nitrogens with zero attached hydrogens (tertiary/aromatic N) is 2. The predicted octanol–water partition coefficient (Wildman–Crippen LogP) is 5.64. The quantitative estimate of drug-likeness (QED) is 0.154. The van der Waals surface area contributed by atoms with Gasteiger partial charge in [0.1, 0.15) is 5.75 Å². The second-order valence-corrected chi connectivity index (χ2v) is 7.87. The number of nitro groups is 1. The Morgan fingerprint density at radius 1 is 1.24 bits per heavy atom. The monoisotopic (exact) mass is 522 g/mol. The van der Waals surface area contributed by atoms with Crippen LogP contribution < -0.4 is 4.74 Å². The van der Waals surface area contributed by atoms with E-state index < -0.39 is 10.9 Å². The number of hydrogen-bond acceptors (Lipinski definition) is 6. The minimum absolute atomic E-state index is 0.0302. The van der Waals surface area contributed by atoms with Gasteiger partial charge in [-0.2, -0.15) is 0 Å². The third-order valence-electron chi connectivity index (χ3n) is 3.99. The Morgan fingerprint density at radius 3 is 2.62 bits per heavy atom. The Balaban J connectivity index is 1.87. The molecule has 0 amide bonds. The molecule has 1 heterocycles. The number of ether oxygens (including phenoxy) is 2. The zero-order chi connectivity index (χ0) is 21.0. The van der Waals surface area contributed by atoms with Gasteiger partial charge in [-0.05, 0) is 68.1 Å². The molecule has 3 rings (SSSR count). The predicted molar refractivity (Wildman–Crippen MR) is 116 cm³/mol. The number of nitro benzene ring substituents is 1. The molecule has 0 spiro atoms. The highest BCUT2D eigenvalue weighted by Gasteiger charge is 2.25. The number of benzene rings is 2. The van der Waals surface area contributed by atoms with Crippen molar-refractivity contribution >= 4 is 55.5 Å². The van der Waals surface area contributed by atoms with Gasteiger partial charge in [0.05, 0.1) is 20.5 Å². The molecular weight excluding hydrogens is 508 g/mol. The summed E-state index contributed by atoms with van der Waals surface area (Å²) in [4.78, 5) is 26.8. The zero-order valence-electron chi connectivity index (χ0n) is 15.4. The highest BCUT2D eigenvalue weighted by atomic mass is 79.9. The van der Waals surface area contributed by atoms with Gasteiger partial charge in [0.2, 0.25) is 5.90 Å². The van der Waals surface area contributed by atoms with Gasteiger partial charge < -0.3 is 9.47 Å². The number of esters is 1. The number of hydrogen-bond donors (Lipinski definition) is 0. The molecule has 0 unspecified atom stereocenters. The fourth-order valence-electron chi connectivity index (χ4n) is 2.56. The Bertz CT molecular complexity index is 1010. The molecule has 1 aliphatic rings. The van der Waals surface area contributed by atoms with E-state index in [1.807, 2.05) is 12.1 Å². The Labute approximate surface area is 183 Å². The lowest BCUT2D eigenvalue weighted by atomic mass is 10.2. The van der Waals surface area contributed by atoms with Gasteiger partial charge in [0.15, 0.2) is 5.70 Å². The number of carbonyl (C=O) groups is 1. The van der Waals surface area contributed by atoms with Crippen molar-refractivity contribution in [1.29, 1.82) is 0 Å². The number of unbranched alkanes of at least 4 members (excludes halogenated alkanes) is 1. The van der Waals surface area contributed by atoms with Gasteiger partial charge in [-0.25, -0.2) is 9.79 Å². The standard InChI is InChI=1S/C20H16Br2N2O5/c1-2-3-7-28-18-15(21)8-12(9-16(18)22)10-17-20(25)29-19(23-17)13-5-4-6-14(11-13)24(26)27/h4-6,8-11H,2-3,7H2,1H3/b17-10-. The van der Waals surface area contributed by atoms with E-state index in [1.165, 1.54) is 18.2 Å². The first-order valence-electron chi connectivity index (χ1n) is 8.78. The third kappa shape index (κ3) is 5.10. The molecule has 2 aromatic carbocycles. The van der Waals surface area contributed by atoms with Crippen molar-refractivity contribution in [1.82, 2.24) is 0 Å². The van der Waals surface area contributed by atoms with Crippen LogP contribution in [0.5, 0.6) is 5.75 Å². The molecule has 0 bridgehead atoms. The largest absolute Gasteiger partial charge is 0.491 e. The molecule has 0 atom stereocenters. The summed E-state index contributed by atoms with van der Waals surface area (Å²) in [6, 6.07) is 9.40. The first-order chi connectivity index (χ1) is 13.9. The molecule has 0 radical (unpaired) electrons. The Morgan fingerprint density at radius 2 is 1.97 bits per heavy atom. The van der Waals surface area contributed by atoms with Crippen LogP contribution in [0.25, 0.3) is 6.08 Å². The zero-order valence-corrected chi connectivity index (χ0v) is 18.5. The van der Waals surface area contributed by atoms with Crippen molar-refractivity contribution in [3.63, 3.8) is 0 Å². The van der Waals surface area contributed by atoms with Gasteiger partial charge in [-0.1, -0.05) is 19.4 Å². The van der Waals surface area contributed by atoms with Gasteiger partial charge in [0, 0.05) is 17.7 Å². The summed E-state index contributed by atoms with van der Waals surface area (Å²) < 4.78 is 12.4. The molecular formula is C20H16Br2N2O5. The Kier molecular flexibility index (Phi) is 6.81. The van der Waals surface area contributed by atoms with Crippen LogP contribution in [0.15, 0.2) is 56.0 Å². The van der Waals surface area contributed by atoms with E-state index in [9.17, 15) is 14.9 Å².